The van der Waals surface area contributed by atoms with Gasteiger partial charge < -0.3 is 14.8 Å². The quantitative estimate of drug-likeness (QED) is 0.778. The van der Waals surface area contributed by atoms with E-state index in [0.717, 1.165) is 31.5 Å². The average Bonchev–Trinajstić information content (AvgIpc) is 2.74. The van der Waals surface area contributed by atoms with Gasteiger partial charge in [0.05, 0.1) is 18.7 Å². The summed E-state index contributed by atoms with van der Waals surface area (Å²) in [6.07, 6.45) is 1.67. The lowest BCUT2D eigenvalue weighted by Gasteiger charge is -2.32. The molecule has 152 valence electrons. The Bertz CT molecular complexity index is 872. The van der Waals surface area contributed by atoms with E-state index < -0.39 is 0 Å². The fraction of sp³-hybridized carbons (Fsp3) is 0.364. The standard InChI is InChI=1S/C22H24FN3O3/c1-28-21-7-4-17(12-20(21)23)14-26-10-8-18(9-11-26)25-22(27)15-29-19-5-2-16(13-24)3-6-19/h2-7,12,18H,8-11,14-15H2,1H3,(H,25,27). The third-order valence-electron chi connectivity index (χ3n) is 4.93. The summed E-state index contributed by atoms with van der Waals surface area (Å²) in [6, 6.07) is 13.8. The Kier molecular flexibility index (Phi) is 7.04. The molecule has 2 aromatic carbocycles. The number of carbonyl (C=O) groups is 1. The summed E-state index contributed by atoms with van der Waals surface area (Å²) in [4.78, 5) is 14.4. The van der Waals surface area contributed by atoms with E-state index in [1.165, 1.54) is 13.2 Å². The van der Waals surface area contributed by atoms with Crippen molar-refractivity contribution in [3.8, 4) is 17.6 Å². The van der Waals surface area contributed by atoms with E-state index in [1.54, 1.807) is 30.3 Å². The molecule has 1 fully saturated rings. The predicted octanol–water partition coefficient (Wildman–Crippen LogP) is 2.87. The van der Waals surface area contributed by atoms with Crippen LogP contribution in [0.2, 0.25) is 0 Å². The summed E-state index contributed by atoms with van der Waals surface area (Å²) in [7, 11) is 1.45. The summed E-state index contributed by atoms with van der Waals surface area (Å²) in [5.74, 6) is 0.290. The molecule has 0 unspecified atom stereocenters. The van der Waals surface area contributed by atoms with Crippen molar-refractivity contribution in [2.45, 2.75) is 25.4 Å². The zero-order valence-electron chi connectivity index (χ0n) is 16.4. The van der Waals surface area contributed by atoms with E-state index in [0.29, 0.717) is 17.9 Å². The second-order valence-corrected chi connectivity index (χ2v) is 7.01. The van der Waals surface area contributed by atoms with Crippen LogP contribution in [-0.4, -0.2) is 43.7 Å². The van der Waals surface area contributed by atoms with Crippen LogP contribution in [0.1, 0.15) is 24.0 Å². The highest BCUT2D eigenvalue weighted by Crippen LogP contribution is 2.20. The van der Waals surface area contributed by atoms with Crippen LogP contribution in [0.5, 0.6) is 11.5 Å². The maximum absolute atomic E-state index is 13.8. The SMILES string of the molecule is COc1ccc(CN2CCC(NC(=O)COc3ccc(C#N)cc3)CC2)cc1F. The number of nitrogens with zero attached hydrogens (tertiary/aromatic N) is 2. The van der Waals surface area contributed by atoms with Crippen molar-refractivity contribution >= 4 is 5.91 Å². The van der Waals surface area contributed by atoms with Crippen molar-refractivity contribution in [3.63, 3.8) is 0 Å². The Hall–Kier alpha value is -3.11. The van der Waals surface area contributed by atoms with Crippen LogP contribution in [0.15, 0.2) is 42.5 Å². The Morgan fingerprint density at radius 2 is 1.97 bits per heavy atom. The monoisotopic (exact) mass is 397 g/mol. The normalized spacial score (nSPS) is 14.8. The van der Waals surface area contributed by atoms with Crippen LogP contribution in [0.4, 0.5) is 4.39 Å². The number of carbonyl (C=O) groups excluding carboxylic acids is 1. The molecule has 1 amide bonds. The molecule has 0 bridgehead atoms. The molecule has 0 radical (unpaired) electrons. The van der Waals surface area contributed by atoms with Crippen LogP contribution in [-0.2, 0) is 11.3 Å². The van der Waals surface area contributed by atoms with E-state index in [-0.39, 0.29) is 30.1 Å². The molecule has 0 spiro atoms. The molecule has 7 heteroatoms. The lowest BCUT2D eigenvalue weighted by Crippen LogP contribution is -2.45. The minimum atomic E-state index is -0.352. The van der Waals surface area contributed by atoms with Gasteiger partial charge in [-0.1, -0.05) is 6.07 Å². The number of rotatable bonds is 7. The minimum Gasteiger partial charge on any atom is -0.494 e. The van der Waals surface area contributed by atoms with Gasteiger partial charge in [-0.05, 0) is 54.8 Å². The number of likely N-dealkylation sites (tertiary alicyclic amines) is 1. The summed E-state index contributed by atoms with van der Waals surface area (Å²) < 4.78 is 24.2. The minimum absolute atomic E-state index is 0.0583. The largest absolute Gasteiger partial charge is 0.494 e. The fourth-order valence-corrected chi connectivity index (χ4v) is 3.35. The van der Waals surface area contributed by atoms with Crippen molar-refractivity contribution in [2.75, 3.05) is 26.8 Å². The first-order valence-electron chi connectivity index (χ1n) is 9.54. The zero-order chi connectivity index (χ0) is 20.6. The number of halogens is 1. The van der Waals surface area contributed by atoms with Crippen LogP contribution >= 0.6 is 0 Å². The smallest absolute Gasteiger partial charge is 0.258 e. The molecule has 2 aromatic rings. The number of hydrogen-bond donors (Lipinski definition) is 1. The molecule has 1 aliphatic rings. The maximum Gasteiger partial charge on any atom is 0.258 e. The van der Waals surface area contributed by atoms with Gasteiger partial charge in [-0.25, -0.2) is 4.39 Å². The van der Waals surface area contributed by atoms with Gasteiger partial charge in [0.2, 0.25) is 0 Å². The maximum atomic E-state index is 13.8. The molecule has 0 aromatic heterocycles. The highest BCUT2D eigenvalue weighted by molar-refractivity contribution is 5.77. The highest BCUT2D eigenvalue weighted by Gasteiger charge is 2.21. The molecule has 3 rings (SSSR count). The van der Waals surface area contributed by atoms with Gasteiger partial charge in [0.25, 0.3) is 5.91 Å². The second-order valence-electron chi connectivity index (χ2n) is 7.01. The van der Waals surface area contributed by atoms with Gasteiger partial charge in [-0.3, -0.25) is 9.69 Å². The second kappa shape index (κ2) is 9.89. The van der Waals surface area contributed by atoms with Crippen molar-refractivity contribution < 1.29 is 18.7 Å². The third kappa shape index (κ3) is 5.93. The molecule has 0 atom stereocenters. The van der Waals surface area contributed by atoms with Gasteiger partial charge in [0, 0.05) is 25.7 Å². The number of nitrogens with one attached hydrogen (secondary N) is 1. The predicted molar refractivity (Wildman–Crippen MR) is 106 cm³/mol. The number of piperidine rings is 1. The summed E-state index contributed by atoms with van der Waals surface area (Å²) in [6.45, 7) is 2.27. The molecule has 0 aliphatic carbocycles. The Balaban J connectivity index is 1.39. The molecular weight excluding hydrogens is 373 g/mol. The number of nitriles is 1. The van der Waals surface area contributed by atoms with Gasteiger partial charge >= 0.3 is 0 Å². The first kappa shape index (κ1) is 20.6. The molecule has 1 heterocycles. The van der Waals surface area contributed by atoms with E-state index in [9.17, 15) is 9.18 Å². The number of hydrogen-bond acceptors (Lipinski definition) is 5. The molecule has 1 saturated heterocycles. The summed E-state index contributed by atoms with van der Waals surface area (Å²) in [5, 5.41) is 11.8. The lowest BCUT2D eigenvalue weighted by atomic mass is 10.0. The highest BCUT2D eigenvalue weighted by atomic mass is 19.1. The molecule has 1 aliphatic heterocycles. The first-order chi connectivity index (χ1) is 14.1. The van der Waals surface area contributed by atoms with Gasteiger partial charge in [0.15, 0.2) is 18.2 Å². The first-order valence-corrected chi connectivity index (χ1v) is 9.54. The Morgan fingerprint density at radius 1 is 1.24 bits per heavy atom. The van der Waals surface area contributed by atoms with Crippen LogP contribution in [0.25, 0.3) is 0 Å². The molecule has 1 N–H and O–H groups in total. The number of amides is 1. The van der Waals surface area contributed by atoms with Crippen LogP contribution in [0.3, 0.4) is 0 Å². The Labute approximate surface area is 169 Å². The summed E-state index contributed by atoms with van der Waals surface area (Å²) >= 11 is 0. The Morgan fingerprint density at radius 3 is 2.59 bits per heavy atom. The van der Waals surface area contributed by atoms with E-state index in [4.69, 9.17) is 14.7 Å². The van der Waals surface area contributed by atoms with Gasteiger partial charge in [-0.2, -0.15) is 5.26 Å². The number of methoxy groups -OCH3 is 1. The van der Waals surface area contributed by atoms with E-state index in [2.05, 4.69) is 10.2 Å². The van der Waals surface area contributed by atoms with Crippen molar-refractivity contribution in [2.24, 2.45) is 0 Å². The van der Waals surface area contributed by atoms with Crippen molar-refractivity contribution in [1.29, 1.82) is 5.26 Å². The topological polar surface area (TPSA) is 74.6 Å². The van der Waals surface area contributed by atoms with E-state index in [1.807, 2.05) is 12.1 Å². The molecule has 6 nitrogen and oxygen atoms in total. The lowest BCUT2D eigenvalue weighted by molar-refractivity contribution is -0.124. The van der Waals surface area contributed by atoms with E-state index >= 15 is 0 Å². The van der Waals surface area contributed by atoms with Crippen LogP contribution in [0, 0.1) is 17.1 Å². The molecule has 0 saturated carbocycles. The fourth-order valence-electron chi connectivity index (χ4n) is 3.35. The zero-order valence-corrected chi connectivity index (χ0v) is 16.4. The number of ether oxygens (including phenoxy) is 2. The number of benzene rings is 2. The average molecular weight is 397 g/mol. The van der Waals surface area contributed by atoms with Crippen LogP contribution < -0.4 is 14.8 Å². The molecular formula is C22H24FN3O3. The van der Waals surface area contributed by atoms with Crippen molar-refractivity contribution in [1.82, 2.24) is 10.2 Å². The summed E-state index contributed by atoms with van der Waals surface area (Å²) in [5.41, 5.74) is 1.45. The van der Waals surface area contributed by atoms with Gasteiger partial charge in [-0.15, -0.1) is 0 Å². The van der Waals surface area contributed by atoms with Gasteiger partial charge in [0.1, 0.15) is 5.75 Å². The van der Waals surface area contributed by atoms with Crippen molar-refractivity contribution in [3.05, 3.63) is 59.4 Å². The molecule has 29 heavy (non-hydrogen) atoms. The third-order valence-corrected chi connectivity index (χ3v) is 4.93.